The zero-order valence-corrected chi connectivity index (χ0v) is 20.5. The molecule has 2 unspecified atom stereocenters. The van der Waals surface area contributed by atoms with Crippen molar-refractivity contribution < 1.29 is 18.9 Å². The van der Waals surface area contributed by atoms with Gasteiger partial charge in [0.05, 0.1) is 34.5 Å². The molecule has 0 amide bonds. The van der Waals surface area contributed by atoms with Crippen molar-refractivity contribution in [1.82, 2.24) is 10.6 Å². The van der Waals surface area contributed by atoms with Gasteiger partial charge >= 0.3 is 0 Å². The number of hydrogen-bond donors (Lipinski definition) is 2. The Labute approximate surface area is 200 Å². The molecular weight excluding hydrogens is 436 g/mol. The number of methoxy groups -OCH3 is 4. The number of allylic oxidation sites excluding steroid dienone is 1. The highest BCUT2D eigenvalue weighted by atomic mass is 32.1. The Morgan fingerprint density at radius 3 is 2.18 bits per heavy atom. The number of benzene rings is 2. The van der Waals surface area contributed by atoms with Crippen molar-refractivity contribution in [3.05, 3.63) is 64.4 Å². The third-order valence-corrected chi connectivity index (χ3v) is 6.52. The lowest BCUT2D eigenvalue weighted by molar-refractivity contribution is 0.354. The average molecular weight is 467 g/mol. The van der Waals surface area contributed by atoms with Gasteiger partial charge in [-0.25, -0.2) is 0 Å². The normalized spacial score (nSPS) is 21.1. The van der Waals surface area contributed by atoms with Gasteiger partial charge in [-0.15, -0.1) is 0 Å². The summed E-state index contributed by atoms with van der Waals surface area (Å²) < 4.78 is 21.8. The molecule has 0 radical (unpaired) electrons. The van der Waals surface area contributed by atoms with Crippen molar-refractivity contribution in [2.45, 2.75) is 25.8 Å². The largest absolute Gasteiger partial charge is 0.493 e. The molecule has 7 heteroatoms. The number of ether oxygens (including phenoxy) is 4. The van der Waals surface area contributed by atoms with Crippen LogP contribution in [-0.2, 0) is 0 Å². The predicted molar refractivity (Wildman–Crippen MR) is 134 cm³/mol. The van der Waals surface area contributed by atoms with Crippen LogP contribution in [0.4, 0.5) is 0 Å². The van der Waals surface area contributed by atoms with Gasteiger partial charge in [-0.2, -0.15) is 0 Å². The van der Waals surface area contributed by atoms with E-state index in [1.54, 1.807) is 28.4 Å². The summed E-state index contributed by atoms with van der Waals surface area (Å²) in [6.07, 6.45) is 4.22. The monoisotopic (exact) mass is 466 g/mol. The molecule has 174 valence electrons. The van der Waals surface area contributed by atoms with Crippen LogP contribution in [0.15, 0.2) is 53.2 Å². The zero-order chi connectivity index (χ0) is 23.5. The van der Waals surface area contributed by atoms with Gasteiger partial charge in [0.25, 0.3) is 0 Å². The highest BCUT2D eigenvalue weighted by Crippen LogP contribution is 2.43. The number of rotatable bonds is 6. The maximum Gasteiger partial charge on any atom is 0.171 e. The summed E-state index contributed by atoms with van der Waals surface area (Å²) in [4.78, 5) is 0. The van der Waals surface area contributed by atoms with Crippen LogP contribution in [-0.4, -0.2) is 33.6 Å². The highest BCUT2D eigenvalue weighted by Gasteiger charge is 2.34. The van der Waals surface area contributed by atoms with E-state index in [0.717, 1.165) is 29.7 Å². The molecule has 2 aromatic rings. The van der Waals surface area contributed by atoms with E-state index in [0.29, 0.717) is 34.0 Å². The molecule has 1 aliphatic heterocycles. The smallest absolute Gasteiger partial charge is 0.171 e. The first-order valence-electron chi connectivity index (χ1n) is 11.0. The number of thiocarbonyl (C=S) groups is 1. The summed E-state index contributed by atoms with van der Waals surface area (Å²) in [6, 6.07) is 11.9. The molecule has 2 aliphatic rings. The molecule has 0 spiro atoms. The number of hydrogen-bond acceptors (Lipinski definition) is 5. The predicted octanol–water partition coefficient (Wildman–Crippen LogP) is 5.01. The molecule has 0 saturated carbocycles. The minimum absolute atomic E-state index is 0.0438. The van der Waals surface area contributed by atoms with E-state index in [-0.39, 0.29) is 6.04 Å². The fraction of sp³-hybridized carbons (Fsp3) is 0.346. The number of nitrogens with one attached hydrogen (secondary N) is 2. The van der Waals surface area contributed by atoms with Crippen LogP contribution in [0.2, 0.25) is 0 Å². The molecule has 2 atom stereocenters. The first-order chi connectivity index (χ1) is 16.0. The first kappa shape index (κ1) is 23.0. The second kappa shape index (κ2) is 9.75. The van der Waals surface area contributed by atoms with Crippen LogP contribution in [0.25, 0.3) is 6.08 Å². The van der Waals surface area contributed by atoms with Crippen LogP contribution in [0.3, 0.4) is 0 Å². The van der Waals surface area contributed by atoms with Crippen molar-refractivity contribution in [3.63, 3.8) is 0 Å². The fourth-order valence-electron chi connectivity index (χ4n) is 4.61. The molecule has 4 rings (SSSR count). The lowest BCUT2D eigenvalue weighted by Gasteiger charge is -2.39. The van der Waals surface area contributed by atoms with Crippen molar-refractivity contribution in [3.8, 4) is 23.0 Å². The third-order valence-electron chi connectivity index (χ3n) is 6.30. The van der Waals surface area contributed by atoms with Gasteiger partial charge in [0.2, 0.25) is 0 Å². The zero-order valence-electron chi connectivity index (χ0n) is 19.7. The molecular formula is C26H30N2O4S. The van der Waals surface area contributed by atoms with Crippen LogP contribution < -0.4 is 29.6 Å². The van der Waals surface area contributed by atoms with Crippen molar-refractivity contribution in [2.75, 3.05) is 28.4 Å². The molecule has 1 heterocycles. The van der Waals surface area contributed by atoms with E-state index in [2.05, 4.69) is 29.7 Å². The van der Waals surface area contributed by atoms with E-state index < -0.39 is 0 Å². The molecule has 2 N–H and O–H groups in total. The molecule has 2 aromatic carbocycles. The quantitative estimate of drug-likeness (QED) is 0.581. The first-order valence-corrected chi connectivity index (χ1v) is 11.4. The maximum atomic E-state index is 5.61. The van der Waals surface area contributed by atoms with Crippen molar-refractivity contribution >= 4 is 23.4 Å². The van der Waals surface area contributed by atoms with E-state index >= 15 is 0 Å². The Balaban J connectivity index is 1.79. The Hall–Kier alpha value is -3.19. The van der Waals surface area contributed by atoms with Gasteiger partial charge in [0.1, 0.15) is 0 Å². The van der Waals surface area contributed by atoms with E-state index in [1.807, 2.05) is 30.3 Å². The summed E-state index contributed by atoms with van der Waals surface area (Å²) in [5.74, 6) is 3.23. The molecule has 0 saturated heterocycles. The van der Waals surface area contributed by atoms with Gasteiger partial charge < -0.3 is 29.6 Å². The van der Waals surface area contributed by atoms with Crippen LogP contribution in [0.1, 0.15) is 36.9 Å². The highest BCUT2D eigenvalue weighted by molar-refractivity contribution is 7.80. The standard InChI is InChI=1S/C26H30N2O4S/c1-15-6-8-17(12-16-7-10-19(29-2)21(13-16)31-4)24-23(15)25(28-26(33)27-24)18-9-11-20(30-3)22(14-18)32-5/h7,9-15,25H,6,8H2,1-5H3,(H2,27,28,33)/b17-12-. The van der Waals surface area contributed by atoms with Gasteiger partial charge in [-0.3, -0.25) is 0 Å². The van der Waals surface area contributed by atoms with Crippen LogP contribution >= 0.6 is 12.2 Å². The average Bonchev–Trinajstić information content (AvgIpc) is 2.84. The van der Waals surface area contributed by atoms with E-state index in [1.165, 1.54) is 11.1 Å². The molecule has 0 aromatic heterocycles. The summed E-state index contributed by atoms with van der Waals surface area (Å²) >= 11 is 5.61. The third kappa shape index (κ3) is 4.50. The van der Waals surface area contributed by atoms with Gasteiger partial charge in [0, 0.05) is 5.70 Å². The molecule has 33 heavy (non-hydrogen) atoms. The Kier molecular flexibility index (Phi) is 6.79. The Morgan fingerprint density at radius 2 is 1.52 bits per heavy atom. The maximum absolute atomic E-state index is 5.61. The minimum atomic E-state index is -0.0438. The summed E-state index contributed by atoms with van der Waals surface area (Å²) in [5, 5.41) is 7.52. The Bertz CT molecular complexity index is 1130. The second-order valence-corrected chi connectivity index (χ2v) is 8.61. The van der Waals surface area contributed by atoms with Crippen molar-refractivity contribution in [2.24, 2.45) is 5.92 Å². The molecule has 0 bridgehead atoms. The summed E-state index contributed by atoms with van der Waals surface area (Å²) in [6.45, 7) is 2.27. The lowest BCUT2D eigenvalue weighted by atomic mass is 9.77. The minimum Gasteiger partial charge on any atom is -0.493 e. The van der Waals surface area contributed by atoms with Crippen LogP contribution in [0, 0.1) is 5.92 Å². The molecule has 0 fully saturated rings. The molecule has 6 nitrogen and oxygen atoms in total. The SMILES string of the molecule is COc1ccc(/C=C2/CCC(C)C3=C2NC(=S)NC3c2ccc(OC)c(OC)c2)cc1OC. The van der Waals surface area contributed by atoms with Gasteiger partial charge in [0.15, 0.2) is 28.1 Å². The van der Waals surface area contributed by atoms with Crippen LogP contribution in [0.5, 0.6) is 23.0 Å². The van der Waals surface area contributed by atoms with Gasteiger partial charge in [-0.1, -0.05) is 19.1 Å². The van der Waals surface area contributed by atoms with Crippen molar-refractivity contribution in [1.29, 1.82) is 0 Å². The fourth-order valence-corrected chi connectivity index (χ4v) is 4.83. The lowest BCUT2D eigenvalue weighted by Crippen LogP contribution is -2.46. The molecule has 1 aliphatic carbocycles. The summed E-state index contributed by atoms with van der Waals surface area (Å²) in [5.41, 5.74) is 5.77. The van der Waals surface area contributed by atoms with E-state index in [9.17, 15) is 0 Å². The second-order valence-electron chi connectivity index (χ2n) is 8.20. The van der Waals surface area contributed by atoms with Gasteiger partial charge in [-0.05, 0) is 83.6 Å². The Morgan fingerprint density at radius 1 is 0.879 bits per heavy atom. The topological polar surface area (TPSA) is 61.0 Å². The summed E-state index contributed by atoms with van der Waals surface area (Å²) in [7, 11) is 6.59. The van der Waals surface area contributed by atoms with E-state index in [4.69, 9.17) is 31.2 Å².